The fourth-order valence-electron chi connectivity index (χ4n) is 11.4. The summed E-state index contributed by atoms with van der Waals surface area (Å²) in [6.07, 6.45) is -6.02. The molecule has 0 saturated carbocycles. The van der Waals surface area contributed by atoms with Crippen molar-refractivity contribution in [3.05, 3.63) is 90.3 Å². The maximum absolute atomic E-state index is 15.0. The molecule has 96 heavy (non-hydrogen) atoms. The maximum atomic E-state index is 15.0. The highest BCUT2D eigenvalue weighted by atomic mass is 32.2. The molecule has 32 nitrogen and oxygen atoms in total. The number of phenolic OH excluding ortho intramolecular Hbond substituents is 1. The Morgan fingerprint density at radius 1 is 0.781 bits per heavy atom. The molecule has 0 aliphatic carbocycles. The molecule has 0 radical (unpaired) electrons. The van der Waals surface area contributed by atoms with E-state index < -0.39 is 184 Å². The van der Waals surface area contributed by atoms with E-state index in [0.717, 1.165) is 64.3 Å². The number of carbonyl (C=O) groups is 7. The lowest BCUT2D eigenvalue weighted by Gasteiger charge is -2.34. The van der Waals surface area contributed by atoms with Gasteiger partial charge in [-0.2, -0.15) is 0 Å². The number of aliphatic hydroxyl groups is 8. The minimum atomic E-state index is -2.16. The van der Waals surface area contributed by atoms with Gasteiger partial charge in [-0.25, -0.2) is 10.2 Å². The summed E-state index contributed by atoms with van der Waals surface area (Å²) in [7, 11) is 1.68. The molecule has 2 aromatic heterocycles. The summed E-state index contributed by atoms with van der Waals surface area (Å²) >= 11 is 1.53. The third-order valence-corrected chi connectivity index (χ3v) is 18.1. The van der Waals surface area contributed by atoms with Gasteiger partial charge >= 0.3 is 0 Å². The van der Waals surface area contributed by atoms with Crippen molar-refractivity contribution in [2.45, 2.75) is 138 Å². The van der Waals surface area contributed by atoms with Crippen LogP contribution in [0, 0.1) is 5.92 Å². The van der Waals surface area contributed by atoms with Gasteiger partial charge in [-0.1, -0.05) is 45.8 Å². The summed E-state index contributed by atoms with van der Waals surface area (Å²) in [4.78, 5) is 110. The maximum Gasteiger partial charge on any atom is 0.261 e. The normalized spacial score (nSPS) is 24.3. The number of benzene rings is 3. The van der Waals surface area contributed by atoms with Crippen molar-refractivity contribution < 1.29 is 108 Å². The molecule has 0 spiro atoms. The zero-order chi connectivity index (χ0) is 69.3. The minimum Gasteiger partial charge on any atom is -0.504 e. The number of phenols is 1. The number of ether oxygens (including phenoxy) is 2. The van der Waals surface area contributed by atoms with Crippen LogP contribution in [0.1, 0.15) is 68.3 Å². The average Bonchev–Trinajstić information content (AvgIpc) is 1.64. The molecule has 3 fully saturated rings. The molecule has 3 aliphatic rings. The van der Waals surface area contributed by atoms with Crippen LogP contribution in [0.2, 0.25) is 0 Å². The van der Waals surface area contributed by atoms with Gasteiger partial charge in [0.05, 0.1) is 73.1 Å². The van der Waals surface area contributed by atoms with Crippen LogP contribution < -0.4 is 40.8 Å². The summed E-state index contributed by atoms with van der Waals surface area (Å²) < 4.78 is 22.2. The van der Waals surface area contributed by atoms with Gasteiger partial charge in [0.15, 0.2) is 16.5 Å². The highest BCUT2D eigenvalue weighted by Gasteiger charge is 2.50. The zero-order valence-electron chi connectivity index (χ0n) is 52.7. The number of nitrogens with one attached hydrogen (secondary N) is 6. The summed E-state index contributed by atoms with van der Waals surface area (Å²) in [5.41, 5.74) is 2.29. The molecule has 524 valence electrons. The predicted molar refractivity (Wildman–Crippen MR) is 342 cm³/mol. The quantitative estimate of drug-likeness (QED) is 0.0127. The minimum absolute atomic E-state index is 0.0205. The van der Waals surface area contributed by atoms with Gasteiger partial charge in [0.1, 0.15) is 42.0 Å². The lowest BCUT2D eigenvalue weighted by molar-refractivity contribution is -0.433. The number of unbranched alkanes of at least 4 members (excludes halogenated alkanes) is 2. The van der Waals surface area contributed by atoms with E-state index in [4.69, 9.17) is 23.9 Å². The van der Waals surface area contributed by atoms with Crippen LogP contribution >= 0.6 is 23.7 Å². The molecule has 8 rings (SSSR count). The number of amides is 7. The van der Waals surface area contributed by atoms with Gasteiger partial charge in [0.2, 0.25) is 35.4 Å². The molecule has 3 saturated heterocycles. The lowest BCUT2D eigenvalue weighted by Crippen LogP contribution is -2.64. The highest BCUT2D eigenvalue weighted by molar-refractivity contribution is 7.90. The third kappa shape index (κ3) is 19.1. The number of methoxy groups -OCH3 is 1. The number of hydrogen-bond donors (Lipinski definition) is 16. The molecule has 3 aromatic carbocycles. The SMILES string of the molecule is COCCCCCOc1ccc(-c2cn3cc(-c4ccc(C(=O)NC5C[C@@H](O)CNC(=O)[C@@H]6[C@@H](O)[C@@H](C)CN6C(=O)[C@H]([C@H](O)CCNC(CO)CO)NC(=O)[C@H]([C@H](O)Cc6ccc(O)c(OSOOO)c6)NC(=O)[C@@H]6C[C@@H](O)CN6C(=O)[C@H]([C@@H](C)O)NC5=O)cc4)nc3s2)cc1. The Morgan fingerprint density at radius 2 is 1.47 bits per heavy atom. The molecule has 7 amide bonds. The fraction of sp³-hybridized carbons (Fsp3) is 0.516. The Hall–Kier alpha value is -7.65. The molecular weight excluding hydrogens is 1300 g/mol. The number of aliphatic hydroxyl groups excluding tert-OH is 8. The van der Waals surface area contributed by atoms with Gasteiger partial charge in [-0.3, -0.25) is 38.0 Å². The first-order chi connectivity index (χ1) is 46.0. The number of aromatic hydroxyl groups is 1. The summed E-state index contributed by atoms with van der Waals surface area (Å²) in [5.74, 6) is -8.85. The van der Waals surface area contributed by atoms with Gasteiger partial charge in [0, 0.05) is 82.1 Å². The molecule has 5 heterocycles. The van der Waals surface area contributed by atoms with Crippen LogP contribution in [0.15, 0.2) is 79.1 Å². The number of fused-ring (bicyclic) bond motifs is 3. The Morgan fingerprint density at radius 3 is 2.16 bits per heavy atom. The number of thiazole rings is 1. The van der Waals surface area contributed by atoms with E-state index in [-0.39, 0.29) is 42.3 Å². The van der Waals surface area contributed by atoms with Crippen molar-refractivity contribution >= 4 is 70.0 Å². The van der Waals surface area contributed by atoms with E-state index in [1.54, 1.807) is 19.2 Å². The summed E-state index contributed by atoms with van der Waals surface area (Å²) in [6, 6.07) is 5.18. The van der Waals surface area contributed by atoms with Crippen LogP contribution in [0.4, 0.5) is 0 Å². The number of imidazole rings is 1. The van der Waals surface area contributed by atoms with Crippen molar-refractivity contribution in [1.82, 2.24) is 51.1 Å². The number of aromatic nitrogens is 2. The average molecular weight is 1380 g/mol. The Bertz CT molecular complexity index is 3400. The standard InChI is InChI=1S/C62H82N10O22S2/c1-32-26-72-53(54(32)81)59(86)64-25-39(76)23-42(65-55(82)37-10-8-35(9-11-37)43-28-70-29-49(95-62(70)66-43)36-12-14-41(15-13-36)91-20-6-4-5-19-90-3)56(83)67-50(33(2)75)60(87)71-27-40(77)24-44(71)57(84)68-51(47(80)21-34-7-16-45(78)48(22-34)92-96-94-93-89)58(85)69-52(61(72)88)46(79)17-18-63-38(30-73)31-74/h7-16,22,28-29,32-33,38-40,42,44,46-47,50-54,63,73-81,89H,4-6,17-21,23-27,30-31H2,1-3H3,(H,64,86)(H,65,82)(H,67,83)(H,68,84)(H,69,85)/t32-,33+,39+,40+,42?,44-,46+,47+,50-,51-,52-,53-,54-/m0/s1. The van der Waals surface area contributed by atoms with E-state index in [1.165, 1.54) is 36.5 Å². The van der Waals surface area contributed by atoms with E-state index in [2.05, 4.69) is 41.3 Å². The monoisotopic (exact) mass is 1380 g/mol. The van der Waals surface area contributed by atoms with Crippen molar-refractivity contribution in [3.63, 3.8) is 0 Å². The van der Waals surface area contributed by atoms with Crippen LogP contribution in [-0.2, 0) is 49.3 Å². The molecule has 0 bridgehead atoms. The Kier molecular flexibility index (Phi) is 27.1. The predicted octanol–water partition coefficient (Wildman–Crippen LogP) is -1.72. The van der Waals surface area contributed by atoms with Crippen LogP contribution in [-0.4, -0.2) is 250 Å². The molecule has 34 heteroatoms. The number of hydrogen-bond acceptors (Lipinski definition) is 26. The van der Waals surface area contributed by atoms with E-state index >= 15 is 0 Å². The van der Waals surface area contributed by atoms with E-state index in [0.29, 0.717) is 29.4 Å². The highest BCUT2D eigenvalue weighted by Crippen LogP contribution is 2.34. The van der Waals surface area contributed by atoms with Gasteiger partial charge in [0.25, 0.3) is 18.2 Å². The molecule has 5 aromatic rings. The van der Waals surface area contributed by atoms with Gasteiger partial charge in [-0.15, -0.1) is 0 Å². The molecule has 13 atom stereocenters. The first-order valence-corrected chi connectivity index (χ1v) is 32.6. The lowest BCUT2D eigenvalue weighted by atomic mass is 9.98. The van der Waals surface area contributed by atoms with E-state index in [9.17, 15) is 79.5 Å². The second-order valence-corrected chi connectivity index (χ2v) is 25.3. The smallest absolute Gasteiger partial charge is 0.261 e. The number of nitrogens with zero attached hydrogens (tertiary/aromatic N) is 4. The van der Waals surface area contributed by atoms with Crippen LogP contribution in [0.5, 0.6) is 17.2 Å². The Balaban J connectivity index is 1.07. The second-order valence-electron chi connectivity index (χ2n) is 23.8. The van der Waals surface area contributed by atoms with Crippen LogP contribution in [0.3, 0.4) is 0 Å². The van der Waals surface area contributed by atoms with E-state index in [1.807, 2.05) is 41.1 Å². The third-order valence-electron chi connectivity index (χ3n) is 16.7. The first-order valence-electron chi connectivity index (χ1n) is 31.1. The first kappa shape index (κ1) is 74.1. The topological polar surface area (TPSA) is 464 Å². The molecule has 1 unspecified atom stereocenters. The van der Waals surface area contributed by atoms with Crippen LogP contribution in [0.25, 0.3) is 26.7 Å². The molecule has 3 aliphatic heterocycles. The molecular formula is C62H82N10O22S2. The van der Waals surface area contributed by atoms with Crippen molar-refractivity contribution in [2.24, 2.45) is 5.92 Å². The Labute approximate surface area is 559 Å². The number of β-amino-alcohol motifs (C(OH)–C–C–N with tert-alkyl or cyclic N) is 1. The zero-order valence-corrected chi connectivity index (χ0v) is 54.3. The number of carbonyl (C=O) groups excluding carboxylic acids is 7. The van der Waals surface area contributed by atoms with Crippen molar-refractivity contribution in [2.75, 3.05) is 59.7 Å². The van der Waals surface area contributed by atoms with Gasteiger partial charge in [-0.05, 0) is 98.8 Å². The summed E-state index contributed by atoms with van der Waals surface area (Å²) in [6.45, 7) is 0.984. The fourth-order valence-corrected chi connectivity index (χ4v) is 12.6. The summed E-state index contributed by atoms with van der Waals surface area (Å²) in [5, 5.41) is 126. The number of rotatable bonds is 26. The van der Waals surface area contributed by atoms with Crippen molar-refractivity contribution in [1.29, 1.82) is 0 Å². The van der Waals surface area contributed by atoms with Gasteiger partial charge < -0.3 is 101 Å². The largest absolute Gasteiger partial charge is 0.504 e. The van der Waals surface area contributed by atoms with Crippen molar-refractivity contribution in [3.8, 4) is 38.9 Å². The molecule has 16 N–H and O–H groups in total. The second kappa shape index (κ2) is 35.0.